The van der Waals surface area contributed by atoms with Crippen LogP contribution in [0.2, 0.25) is 0 Å². The molecule has 2 nitrogen and oxygen atoms in total. The second-order valence-electron chi connectivity index (χ2n) is 7.32. The van der Waals surface area contributed by atoms with Crippen LogP contribution in [0.3, 0.4) is 0 Å². The fourth-order valence-electron chi connectivity index (χ4n) is 5.45. The van der Waals surface area contributed by atoms with Gasteiger partial charge in [0, 0.05) is 17.8 Å². The monoisotopic (exact) mass is 256 g/mol. The molecule has 1 unspecified atom stereocenters. The summed E-state index contributed by atoms with van der Waals surface area (Å²) in [6.07, 6.45) is 10.7. The molecule has 1 N–H and O–H groups in total. The van der Waals surface area contributed by atoms with E-state index < -0.39 is 0 Å². The summed E-state index contributed by atoms with van der Waals surface area (Å²) in [6, 6.07) is 6.64. The van der Waals surface area contributed by atoms with Gasteiger partial charge < -0.3 is 5.32 Å². The highest BCUT2D eigenvalue weighted by Crippen LogP contribution is 2.56. The molecular formula is C17H24N2. The van der Waals surface area contributed by atoms with Crippen molar-refractivity contribution in [2.75, 3.05) is 0 Å². The molecule has 1 atom stereocenters. The van der Waals surface area contributed by atoms with Crippen molar-refractivity contribution in [3.8, 4) is 0 Å². The van der Waals surface area contributed by atoms with Crippen LogP contribution in [-0.2, 0) is 0 Å². The molecule has 0 amide bonds. The van der Waals surface area contributed by atoms with E-state index in [9.17, 15) is 0 Å². The van der Waals surface area contributed by atoms with Gasteiger partial charge in [0.2, 0.25) is 0 Å². The Morgan fingerprint density at radius 3 is 2.26 bits per heavy atom. The second kappa shape index (κ2) is 4.31. The molecule has 19 heavy (non-hydrogen) atoms. The summed E-state index contributed by atoms with van der Waals surface area (Å²) in [5, 5.41) is 3.98. The molecule has 0 aliphatic heterocycles. The highest BCUT2D eigenvalue weighted by molar-refractivity contribution is 5.12. The first-order chi connectivity index (χ1) is 9.22. The maximum absolute atomic E-state index is 4.51. The van der Waals surface area contributed by atoms with Gasteiger partial charge in [-0.2, -0.15) is 0 Å². The zero-order valence-electron chi connectivity index (χ0n) is 11.8. The molecule has 1 heterocycles. The zero-order chi connectivity index (χ0) is 12.9. The molecule has 0 spiro atoms. The normalized spacial score (nSPS) is 41.4. The van der Waals surface area contributed by atoms with Gasteiger partial charge in [0.25, 0.3) is 0 Å². The van der Waals surface area contributed by atoms with Crippen molar-refractivity contribution in [3.05, 3.63) is 30.1 Å². The minimum atomic E-state index is 0.387. The molecule has 4 saturated carbocycles. The van der Waals surface area contributed by atoms with E-state index >= 15 is 0 Å². The number of hydrogen-bond donors (Lipinski definition) is 1. The predicted octanol–water partition coefficient (Wildman–Crippen LogP) is 3.70. The molecule has 0 radical (unpaired) electrons. The van der Waals surface area contributed by atoms with Crippen LogP contribution >= 0.6 is 0 Å². The third kappa shape index (κ3) is 2.10. The van der Waals surface area contributed by atoms with Gasteiger partial charge in [0.15, 0.2) is 0 Å². The summed E-state index contributed by atoms with van der Waals surface area (Å²) in [5.74, 6) is 3.03. The molecular weight excluding hydrogens is 232 g/mol. The highest BCUT2D eigenvalue weighted by Gasteiger charge is 2.51. The van der Waals surface area contributed by atoms with Crippen molar-refractivity contribution in [2.45, 2.75) is 57.0 Å². The molecule has 4 fully saturated rings. The van der Waals surface area contributed by atoms with Crippen LogP contribution in [0.5, 0.6) is 0 Å². The Hall–Kier alpha value is -0.890. The molecule has 1 aromatic rings. The number of hydrogen-bond acceptors (Lipinski definition) is 2. The Balaban J connectivity index is 1.53. The molecule has 4 bridgehead atoms. The minimum Gasteiger partial charge on any atom is -0.303 e. The van der Waals surface area contributed by atoms with Gasteiger partial charge in [-0.15, -0.1) is 0 Å². The van der Waals surface area contributed by atoms with Crippen LogP contribution in [0.25, 0.3) is 0 Å². The lowest BCUT2D eigenvalue weighted by molar-refractivity contribution is -0.0247. The van der Waals surface area contributed by atoms with E-state index in [1.807, 2.05) is 12.3 Å². The first kappa shape index (κ1) is 11.9. The van der Waals surface area contributed by atoms with Crippen LogP contribution in [0.15, 0.2) is 24.4 Å². The van der Waals surface area contributed by atoms with Crippen LogP contribution in [0, 0.1) is 17.8 Å². The van der Waals surface area contributed by atoms with Crippen molar-refractivity contribution in [1.29, 1.82) is 0 Å². The van der Waals surface area contributed by atoms with Crippen molar-refractivity contribution < 1.29 is 0 Å². The summed E-state index contributed by atoms with van der Waals surface area (Å²) in [6.45, 7) is 2.28. The first-order valence-electron chi connectivity index (χ1n) is 7.91. The average Bonchev–Trinajstić information content (AvgIpc) is 2.37. The van der Waals surface area contributed by atoms with Crippen molar-refractivity contribution in [2.24, 2.45) is 17.8 Å². The maximum Gasteiger partial charge on any atom is 0.0570 e. The number of nitrogens with one attached hydrogen (secondary N) is 1. The van der Waals surface area contributed by atoms with Gasteiger partial charge in [-0.25, -0.2) is 0 Å². The molecule has 1 aromatic heterocycles. The van der Waals surface area contributed by atoms with Gasteiger partial charge in [-0.1, -0.05) is 6.07 Å². The Labute approximate surface area is 116 Å². The Kier molecular flexibility index (Phi) is 2.70. The Morgan fingerprint density at radius 2 is 1.74 bits per heavy atom. The first-order valence-corrected chi connectivity index (χ1v) is 7.91. The van der Waals surface area contributed by atoms with E-state index in [-0.39, 0.29) is 0 Å². The highest BCUT2D eigenvalue weighted by atomic mass is 15.0. The molecule has 4 aliphatic rings. The summed E-state index contributed by atoms with van der Waals surface area (Å²) in [4.78, 5) is 4.51. The van der Waals surface area contributed by atoms with Gasteiger partial charge in [0.1, 0.15) is 0 Å². The number of nitrogens with zero attached hydrogens (tertiary/aromatic N) is 1. The molecule has 102 valence electrons. The standard InChI is InChI=1S/C17H24N2/c1-12(16-4-2-3-5-18-16)19-17-9-13-6-14(10-17)8-15(7-13)11-17/h2-5,12-15,19H,6-11H2,1H3. The quantitative estimate of drug-likeness (QED) is 0.892. The van der Waals surface area contributed by atoms with Crippen LogP contribution in [-0.4, -0.2) is 10.5 Å². The number of aromatic nitrogens is 1. The van der Waals surface area contributed by atoms with Crippen LogP contribution < -0.4 is 5.32 Å². The van der Waals surface area contributed by atoms with E-state index in [0.29, 0.717) is 11.6 Å². The van der Waals surface area contributed by atoms with Crippen molar-refractivity contribution in [1.82, 2.24) is 10.3 Å². The van der Waals surface area contributed by atoms with Gasteiger partial charge in [-0.05, 0) is 75.3 Å². The topological polar surface area (TPSA) is 24.9 Å². The number of rotatable bonds is 3. The fraction of sp³-hybridized carbons (Fsp3) is 0.706. The summed E-state index contributed by atoms with van der Waals surface area (Å²) < 4.78 is 0. The maximum atomic E-state index is 4.51. The van der Waals surface area contributed by atoms with Crippen LogP contribution in [0.4, 0.5) is 0 Å². The van der Waals surface area contributed by atoms with E-state index in [2.05, 4.69) is 29.4 Å². The van der Waals surface area contributed by atoms with Crippen LogP contribution in [0.1, 0.15) is 57.2 Å². The average molecular weight is 256 g/mol. The lowest BCUT2D eigenvalue weighted by Crippen LogP contribution is -2.58. The molecule has 4 aliphatic carbocycles. The van der Waals surface area contributed by atoms with E-state index in [4.69, 9.17) is 0 Å². The van der Waals surface area contributed by atoms with Gasteiger partial charge in [-0.3, -0.25) is 4.98 Å². The third-order valence-electron chi connectivity index (χ3n) is 5.69. The van der Waals surface area contributed by atoms with Crippen molar-refractivity contribution in [3.63, 3.8) is 0 Å². The SMILES string of the molecule is CC(NC12CC3CC(CC(C3)C1)C2)c1ccccn1. The van der Waals surface area contributed by atoms with Gasteiger partial charge >= 0.3 is 0 Å². The summed E-state index contributed by atoms with van der Waals surface area (Å²) in [5.41, 5.74) is 1.63. The predicted molar refractivity (Wildman–Crippen MR) is 76.7 cm³/mol. The van der Waals surface area contributed by atoms with E-state index in [1.54, 1.807) is 0 Å². The van der Waals surface area contributed by atoms with E-state index in [0.717, 1.165) is 17.8 Å². The number of pyridine rings is 1. The largest absolute Gasteiger partial charge is 0.303 e. The smallest absolute Gasteiger partial charge is 0.0570 e. The Bertz CT molecular complexity index is 418. The fourth-order valence-corrected chi connectivity index (χ4v) is 5.45. The van der Waals surface area contributed by atoms with E-state index in [1.165, 1.54) is 44.2 Å². The molecule has 0 saturated heterocycles. The molecule has 2 heteroatoms. The molecule has 0 aromatic carbocycles. The second-order valence-corrected chi connectivity index (χ2v) is 7.32. The zero-order valence-corrected chi connectivity index (χ0v) is 11.8. The van der Waals surface area contributed by atoms with Crippen molar-refractivity contribution >= 4 is 0 Å². The minimum absolute atomic E-state index is 0.387. The summed E-state index contributed by atoms with van der Waals surface area (Å²) >= 11 is 0. The lowest BCUT2D eigenvalue weighted by atomic mass is 9.53. The summed E-state index contributed by atoms with van der Waals surface area (Å²) in [7, 11) is 0. The Morgan fingerprint density at radius 1 is 1.11 bits per heavy atom. The van der Waals surface area contributed by atoms with Gasteiger partial charge in [0.05, 0.1) is 5.69 Å². The lowest BCUT2D eigenvalue weighted by Gasteiger charge is -2.57. The third-order valence-corrected chi connectivity index (χ3v) is 5.69. The molecule has 5 rings (SSSR count).